The summed E-state index contributed by atoms with van der Waals surface area (Å²) >= 11 is 0. The van der Waals surface area contributed by atoms with Gasteiger partial charge in [0.1, 0.15) is 17.1 Å². The molecule has 2 rings (SSSR count). The first-order valence-corrected chi connectivity index (χ1v) is 7.32. The van der Waals surface area contributed by atoms with Gasteiger partial charge in [-0.05, 0) is 49.2 Å². The van der Waals surface area contributed by atoms with E-state index in [1.807, 2.05) is 26.0 Å². The Kier molecular flexibility index (Phi) is 5.42. The highest BCUT2D eigenvalue weighted by atomic mass is 16.5. The molecule has 0 atom stereocenters. The maximum Gasteiger partial charge on any atom is 0.342 e. The molecule has 24 heavy (non-hydrogen) atoms. The second-order valence-corrected chi connectivity index (χ2v) is 5.31. The largest absolute Gasteiger partial charge is 0.507 e. The average molecular weight is 329 g/mol. The summed E-state index contributed by atoms with van der Waals surface area (Å²) in [5.41, 5.74) is 2.77. The standard InChI is InChI=1S/C18H19NO5/c1-11-4-5-13(8-12(11)2)19-17(21)10-24-18(22)15-7-6-14(23-3)9-16(15)20/h4-9,20H,10H2,1-3H3,(H,19,21). The normalized spacial score (nSPS) is 10.1. The molecule has 0 heterocycles. The lowest BCUT2D eigenvalue weighted by Gasteiger charge is -2.09. The summed E-state index contributed by atoms with van der Waals surface area (Å²) in [4.78, 5) is 23.8. The molecule has 1 amide bonds. The summed E-state index contributed by atoms with van der Waals surface area (Å²) in [6, 6.07) is 9.70. The molecule has 126 valence electrons. The van der Waals surface area contributed by atoms with Crippen molar-refractivity contribution in [1.82, 2.24) is 0 Å². The van der Waals surface area contributed by atoms with Gasteiger partial charge < -0.3 is 19.9 Å². The molecule has 0 radical (unpaired) electrons. The first-order valence-electron chi connectivity index (χ1n) is 7.32. The maximum absolute atomic E-state index is 11.9. The Hall–Kier alpha value is -3.02. The first-order chi connectivity index (χ1) is 11.4. The van der Waals surface area contributed by atoms with Gasteiger partial charge in [0, 0.05) is 11.8 Å². The summed E-state index contributed by atoms with van der Waals surface area (Å²) in [5, 5.41) is 12.4. The van der Waals surface area contributed by atoms with E-state index in [2.05, 4.69) is 5.32 Å². The van der Waals surface area contributed by atoms with E-state index in [1.54, 1.807) is 6.07 Å². The molecule has 2 N–H and O–H groups in total. The number of methoxy groups -OCH3 is 1. The van der Waals surface area contributed by atoms with Crippen molar-refractivity contribution >= 4 is 17.6 Å². The van der Waals surface area contributed by atoms with Crippen molar-refractivity contribution in [2.45, 2.75) is 13.8 Å². The van der Waals surface area contributed by atoms with Crippen molar-refractivity contribution < 1.29 is 24.2 Å². The molecule has 0 fully saturated rings. The lowest BCUT2D eigenvalue weighted by atomic mass is 10.1. The van der Waals surface area contributed by atoms with Crippen molar-refractivity contribution in [2.24, 2.45) is 0 Å². The average Bonchev–Trinajstić information content (AvgIpc) is 2.56. The maximum atomic E-state index is 11.9. The Balaban J connectivity index is 1.93. The molecule has 0 aliphatic rings. The van der Waals surface area contributed by atoms with Gasteiger partial charge in [-0.2, -0.15) is 0 Å². The Morgan fingerprint density at radius 3 is 2.46 bits per heavy atom. The molecule has 0 spiro atoms. The van der Waals surface area contributed by atoms with Gasteiger partial charge in [0.2, 0.25) is 0 Å². The highest BCUT2D eigenvalue weighted by Crippen LogP contribution is 2.24. The predicted octanol–water partition coefficient (Wildman–Crippen LogP) is 2.81. The van der Waals surface area contributed by atoms with E-state index in [9.17, 15) is 14.7 Å². The van der Waals surface area contributed by atoms with Crippen molar-refractivity contribution in [2.75, 3.05) is 19.0 Å². The Bertz CT molecular complexity index is 770. The van der Waals surface area contributed by atoms with Crippen molar-refractivity contribution in [3.05, 3.63) is 53.1 Å². The minimum Gasteiger partial charge on any atom is -0.507 e. The number of hydrogen-bond acceptors (Lipinski definition) is 5. The fraction of sp³-hybridized carbons (Fsp3) is 0.222. The Morgan fingerprint density at radius 1 is 1.08 bits per heavy atom. The number of aromatic hydroxyl groups is 1. The second-order valence-electron chi connectivity index (χ2n) is 5.31. The molecule has 0 aromatic heterocycles. The molecule has 0 saturated heterocycles. The molecule has 2 aromatic carbocycles. The van der Waals surface area contributed by atoms with Crippen molar-refractivity contribution in [3.63, 3.8) is 0 Å². The summed E-state index contributed by atoms with van der Waals surface area (Å²) in [6.07, 6.45) is 0. The SMILES string of the molecule is COc1ccc(C(=O)OCC(=O)Nc2ccc(C)c(C)c2)c(O)c1. The van der Waals surface area contributed by atoms with Crippen molar-refractivity contribution in [1.29, 1.82) is 0 Å². The van der Waals surface area contributed by atoms with Crippen LogP contribution in [0.3, 0.4) is 0 Å². The quantitative estimate of drug-likeness (QED) is 0.824. The van der Waals surface area contributed by atoms with E-state index >= 15 is 0 Å². The van der Waals surface area contributed by atoms with Crippen LogP contribution in [0.5, 0.6) is 11.5 Å². The van der Waals surface area contributed by atoms with Gasteiger partial charge in [-0.1, -0.05) is 6.07 Å². The number of ether oxygens (including phenoxy) is 2. The number of phenols is 1. The van der Waals surface area contributed by atoms with Gasteiger partial charge in [0.15, 0.2) is 6.61 Å². The third-order valence-electron chi connectivity index (χ3n) is 3.55. The predicted molar refractivity (Wildman–Crippen MR) is 89.5 cm³/mol. The number of anilines is 1. The number of amides is 1. The van der Waals surface area contributed by atoms with Gasteiger partial charge in [0.05, 0.1) is 7.11 Å². The molecular weight excluding hydrogens is 310 g/mol. The zero-order valence-corrected chi connectivity index (χ0v) is 13.8. The smallest absolute Gasteiger partial charge is 0.342 e. The lowest BCUT2D eigenvalue weighted by Crippen LogP contribution is -2.21. The van der Waals surface area contributed by atoms with Gasteiger partial charge in [-0.15, -0.1) is 0 Å². The van der Waals surface area contributed by atoms with Crippen LogP contribution in [0.25, 0.3) is 0 Å². The minimum atomic E-state index is -0.787. The number of phenolic OH excluding ortho intramolecular Hbond substituents is 1. The number of carbonyl (C=O) groups excluding carboxylic acids is 2. The minimum absolute atomic E-state index is 0.0326. The first kappa shape index (κ1) is 17.3. The molecule has 0 aliphatic heterocycles. The molecule has 6 heteroatoms. The number of esters is 1. The van der Waals surface area contributed by atoms with Crippen LogP contribution in [0.2, 0.25) is 0 Å². The summed E-state index contributed by atoms with van der Waals surface area (Å²) in [6.45, 7) is 3.47. The van der Waals surface area contributed by atoms with E-state index in [0.717, 1.165) is 11.1 Å². The van der Waals surface area contributed by atoms with E-state index in [-0.39, 0.29) is 11.3 Å². The topological polar surface area (TPSA) is 84.9 Å². The van der Waals surface area contributed by atoms with E-state index in [1.165, 1.54) is 25.3 Å². The fourth-order valence-corrected chi connectivity index (χ4v) is 2.04. The molecule has 6 nitrogen and oxygen atoms in total. The highest BCUT2D eigenvalue weighted by Gasteiger charge is 2.15. The monoisotopic (exact) mass is 329 g/mol. The number of carbonyl (C=O) groups is 2. The number of benzene rings is 2. The lowest BCUT2D eigenvalue weighted by molar-refractivity contribution is -0.119. The molecule has 0 saturated carbocycles. The number of nitrogens with one attached hydrogen (secondary N) is 1. The molecular formula is C18H19NO5. The summed E-state index contributed by atoms with van der Waals surface area (Å²) < 4.78 is 9.85. The van der Waals surface area contributed by atoms with Crippen LogP contribution < -0.4 is 10.1 Å². The van der Waals surface area contributed by atoms with Gasteiger partial charge in [-0.3, -0.25) is 4.79 Å². The molecule has 0 unspecified atom stereocenters. The van der Waals surface area contributed by atoms with Crippen LogP contribution in [-0.2, 0) is 9.53 Å². The number of hydrogen-bond donors (Lipinski definition) is 2. The number of aryl methyl sites for hydroxylation is 2. The number of rotatable bonds is 5. The van der Waals surface area contributed by atoms with Crippen molar-refractivity contribution in [3.8, 4) is 11.5 Å². The Morgan fingerprint density at radius 2 is 1.83 bits per heavy atom. The zero-order valence-electron chi connectivity index (χ0n) is 13.8. The van der Waals surface area contributed by atoms with Crippen LogP contribution in [0, 0.1) is 13.8 Å². The molecule has 0 bridgehead atoms. The second kappa shape index (κ2) is 7.50. The van der Waals surface area contributed by atoms with E-state index in [4.69, 9.17) is 9.47 Å². The van der Waals surface area contributed by atoms with Gasteiger partial charge in [0.25, 0.3) is 5.91 Å². The highest BCUT2D eigenvalue weighted by molar-refractivity contribution is 5.96. The van der Waals surface area contributed by atoms with Crippen LogP contribution in [0.15, 0.2) is 36.4 Å². The van der Waals surface area contributed by atoms with E-state index in [0.29, 0.717) is 11.4 Å². The molecule has 2 aromatic rings. The fourth-order valence-electron chi connectivity index (χ4n) is 2.04. The van der Waals surface area contributed by atoms with Gasteiger partial charge >= 0.3 is 5.97 Å². The summed E-state index contributed by atoms with van der Waals surface area (Å²) in [5.74, 6) is -1.10. The van der Waals surface area contributed by atoms with E-state index < -0.39 is 18.5 Å². The third kappa shape index (κ3) is 4.25. The van der Waals surface area contributed by atoms with Crippen LogP contribution >= 0.6 is 0 Å². The third-order valence-corrected chi connectivity index (χ3v) is 3.55. The Labute approximate surface area is 140 Å². The molecule has 0 aliphatic carbocycles. The van der Waals surface area contributed by atoms with Crippen LogP contribution in [0.4, 0.5) is 5.69 Å². The zero-order chi connectivity index (χ0) is 17.7. The van der Waals surface area contributed by atoms with Gasteiger partial charge in [-0.25, -0.2) is 4.79 Å². The summed E-state index contributed by atoms with van der Waals surface area (Å²) in [7, 11) is 1.45. The van der Waals surface area contributed by atoms with Crippen LogP contribution in [0.1, 0.15) is 21.5 Å². The van der Waals surface area contributed by atoms with Crippen LogP contribution in [-0.4, -0.2) is 30.7 Å².